The Balaban J connectivity index is 1.35. The van der Waals surface area contributed by atoms with Crippen molar-refractivity contribution in [3.05, 3.63) is 65.5 Å². The predicted octanol–water partition coefficient (Wildman–Crippen LogP) is 4.53. The summed E-state index contributed by atoms with van der Waals surface area (Å²) in [6.45, 7) is 1.96. The summed E-state index contributed by atoms with van der Waals surface area (Å²) in [4.78, 5) is 17.6. The van der Waals surface area contributed by atoms with Crippen molar-refractivity contribution < 1.29 is 17.9 Å². The first-order valence-electron chi connectivity index (χ1n) is 11.2. The van der Waals surface area contributed by atoms with Crippen molar-refractivity contribution in [2.45, 2.75) is 38.4 Å². The molecule has 1 aliphatic carbocycles. The molecule has 4 aromatic rings. The smallest absolute Gasteiger partial charge is 0.435 e. The number of rotatable bonds is 7. The maximum absolute atomic E-state index is 13.0. The van der Waals surface area contributed by atoms with E-state index in [2.05, 4.69) is 30.4 Å². The van der Waals surface area contributed by atoms with E-state index in [0.717, 1.165) is 30.2 Å². The van der Waals surface area contributed by atoms with Crippen molar-refractivity contribution in [1.29, 1.82) is 0 Å². The Labute approximate surface area is 204 Å². The number of alkyl halides is 3. The lowest BCUT2D eigenvalue weighted by Gasteiger charge is -2.13. The number of nitrogens with zero attached hydrogens (tertiary/aromatic N) is 6. The number of aryl methyl sites for hydroxylation is 1. The molecule has 36 heavy (non-hydrogen) atoms. The molecule has 3 heterocycles. The normalized spacial score (nSPS) is 13.6. The summed E-state index contributed by atoms with van der Waals surface area (Å²) in [7, 11) is 1.54. The molecule has 0 aliphatic heterocycles. The van der Waals surface area contributed by atoms with Gasteiger partial charge in [-0.2, -0.15) is 18.3 Å². The first-order chi connectivity index (χ1) is 17.2. The van der Waals surface area contributed by atoms with Crippen LogP contribution in [0.2, 0.25) is 0 Å². The number of nitrogens with one attached hydrogen (secondary N) is 1. The van der Waals surface area contributed by atoms with Crippen LogP contribution in [0.5, 0.6) is 5.88 Å². The average molecular weight is 496 g/mol. The zero-order valence-electron chi connectivity index (χ0n) is 19.5. The second-order valence-corrected chi connectivity index (χ2v) is 8.52. The van der Waals surface area contributed by atoms with E-state index in [4.69, 9.17) is 10.5 Å². The molecule has 12 heteroatoms. The molecule has 0 unspecified atom stereocenters. The summed E-state index contributed by atoms with van der Waals surface area (Å²) in [6, 6.07) is 8.04. The molecular weight excluding hydrogens is 473 g/mol. The SMILES string of the molecule is COc1ncnc(C2CC2)c1-c1ncc(N)c(NCc2ccc(-n3nc(C(F)(F)F)cc3C)cc2)n1. The standard InChI is InChI=1S/C24H23F3N8O/c1-13-9-18(24(25,26)27)34-35(13)16-7-3-14(4-8-16)10-29-21-17(28)11-30-22(33-21)19-20(15-5-6-15)31-12-32-23(19)36-2/h3-4,7-9,11-12,15H,5-6,10,28H2,1-2H3,(H,29,30,33). The summed E-state index contributed by atoms with van der Waals surface area (Å²) in [5, 5.41) is 6.89. The van der Waals surface area contributed by atoms with Crippen LogP contribution in [0.4, 0.5) is 24.7 Å². The van der Waals surface area contributed by atoms with Crippen LogP contribution < -0.4 is 15.8 Å². The van der Waals surface area contributed by atoms with E-state index >= 15 is 0 Å². The van der Waals surface area contributed by atoms with Crippen LogP contribution >= 0.6 is 0 Å². The Morgan fingerprint density at radius 3 is 2.53 bits per heavy atom. The van der Waals surface area contributed by atoms with Gasteiger partial charge in [-0.05, 0) is 43.5 Å². The lowest BCUT2D eigenvalue weighted by Crippen LogP contribution is -2.09. The molecular formula is C24H23F3N8O. The Morgan fingerprint density at radius 2 is 1.89 bits per heavy atom. The minimum atomic E-state index is -4.49. The third-order valence-corrected chi connectivity index (χ3v) is 5.86. The molecule has 0 saturated heterocycles. The van der Waals surface area contributed by atoms with Crippen LogP contribution in [0.1, 0.15) is 41.4 Å². The maximum Gasteiger partial charge on any atom is 0.435 e. The molecule has 3 aromatic heterocycles. The summed E-state index contributed by atoms with van der Waals surface area (Å²) >= 11 is 0. The topological polar surface area (TPSA) is 117 Å². The molecule has 0 atom stereocenters. The summed E-state index contributed by atoms with van der Waals surface area (Å²) in [5.74, 6) is 1.59. The molecule has 5 rings (SSSR count). The van der Waals surface area contributed by atoms with Gasteiger partial charge in [-0.1, -0.05) is 12.1 Å². The van der Waals surface area contributed by atoms with Gasteiger partial charge in [-0.25, -0.2) is 24.6 Å². The van der Waals surface area contributed by atoms with E-state index in [1.54, 1.807) is 31.2 Å². The summed E-state index contributed by atoms with van der Waals surface area (Å²) < 4.78 is 45.6. The van der Waals surface area contributed by atoms with Gasteiger partial charge < -0.3 is 15.8 Å². The highest BCUT2D eigenvalue weighted by Gasteiger charge is 2.34. The van der Waals surface area contributed by atoms with E-state index in [0.29, 0.717) is 52.6 Å². The van der Waals surface area contributed by atoms with Crippen molar-refractivity contribution in [1.82, 2.24) is 29.7 Å². The van der Waals surface area contributed by atoms with E-state index in [-0.39, 0.29) is 0 Å². The number of nitrogen functional groups attached to an aromatic ring is 1. The van der Waals surface area contributed by atoms with Gasteiger partial charge in [0, 0.05) is 18.2 Å². The van der Waals surface area contributed by atoms with Crippen molar-refractivity contribution in [2.75, 3.05) is 18.2 Å². The second-order valence-electron chi connectivity index (χ2n) is 8.52. The van der Waals surface area contributed by atoms with Gasteiger partial charge in [0.2, 0.25) is 5.88 Å². The lowest BCUT2D eigenvalue weighted by molar-refractivity contribution is -0.141. The Morgan fingerprint density at radius 1 is 1.14 bits per heavy atom. The molecule has 0 bridgehead atoms. The fraction of sp³-hybridized carbons (Fsp3) is 0.292. The van der Waals surface area contributed by atoms with E-state index in [1.807, 2.05) is 0 Å². The molecule has 0 spiro atoms. The molecule has 0 amide bonds. The van der Waals surface area contributed by atoms with Gasteiger partial charge >= 0.3 is 6.18 Å². The highest BCUT2D eigenvalue weighted by atomic mass is 19.4. The number of hydrogen-bond donors (Lipinski definition) is 2. The van der Waals surface area contributed by atoms with Gasteiger partial charge in [0.1, 0.15) is 11.9 Å². The van der Waals surface area contributed by atoms with Crippen LogP contribution in [0.3, 0.4) is 0 Å². The molecule has 1 aliphatic rings. The van der Waals surface area contributed by atoms with Gasteiger partial charge in [0.25, 0.3) is 0 Å². The fourth-order valence-corrected chi connectivity index (χ4v) is 3.88. The van der Waals surface area contributed by atoms with Crippen LogP contribution in [0.25, 0.3) is 17.1 Å². The van der Waals surface area contributed by atoms with Crippen molar-refractivity contribution >= 4 is 11.5 Å². The highest BCUT2D eigenvalue weighted by molar-refractivity contribution is 5.70. The zero-order chi connectivity index (χ0) is 25.4. The van der Waals surface area contributed by atoms with Gasteiger partial charge in [-0.15, -0.1) is 0 Å². The number of anilines is 2. The zero-order valence-corrected chi connectivity index (χ0v) is 19.5. The minimum absolute atomic E-state index is 0.332. The van der Waals surface area contributed by atoms with Gasteiger partial charge in [-0.3, -0.25) is 0 Å². The first kappa shape index (κ1) is 23.5. The molecule has 0 radical (unpaired) electrons. The first-order valence-corrected chi connectivity index (χ1v) is 11.2. The number of halogens is 3. The van der Waals surface area contributed by atoms with Crippen molar-refractivity contribution in [2.24, 2.45) is 0 Å². The summed E-state index contributed by atoms with van der Waals surface area (Å²) in [6.07, 6.45) is 0.587. The molecule has 1 aromatic carbocycles. The van der Waals surface area contributed by atoms with Crippen LogP contribution in [0, 0.1) is 6.92 Å². The monoisotopic (exact) mass is 496 g/mol. The van der Waals surface area contributed by atoms with Crippen LogP contribution in [-0.4, -0.2) is 36.8 Å². The molecule has 1 saturated carbocycles. The average Bonchev–Trinajstić information content (AvgIpc) is 3.63. The number of nitrogens with two attached hydrogens (primary N) is 1. The predicted molar refractivity (Wildman–Crippen MR) is 127 cm³/mol. The van der Waals surface area contributed by atoms with Gasteiger partial charge in [0.05, 0.1) is 30.4 Å². The number of methoxy groups -OCH3 is 1. The Hall–Kier alpha value is -4.22. The Bertz CT molecular complexity index is 1400. The van der Waals surface area contributed by atoms with Crippen LogP contribution in [-0.2, 0) is 12.7 Å². The Kier molecular flexibility index (Phi) is 5.94. The largest absolute Gasteiger partial charge is 0.480 e. The third-order valence-electron chi connectivity index (χ3n) is 5.86. The summed E-state index contributed by atoms with van der Waals surface area (Å²) in [5.41, 5.74) is 8.86. The van der Waals surface area contributed by atoms with E-state index in [9.17, 15) is 13.2 Å². The number of aromatic nitrogens is 6. The number of hydrogen-bond acceptors (Lipinski definition) is 8. The lowest BCUT2D eigenvalue weighted by atomic mass is 10.1. The minimum Gasteiger partial charge on any atom is -0.480 e. The number of benzene rings is 1. The highest BCUT2D eigenvalue weighted by Crippen LogP contribution is 2.45. The molecule has 1 fully saturated rings. The number of ether oxygens (including phenoxy) is 1. The van der Waals surface area contributed by atoms with Gasteiger partial charge in [0.15, 0.2) is 17.3 Å². The molecule has 3 N–H and O–H groups in total. The maximum atomic E-state index is 13.0. The quantitative estimate of drug-likeness (QED) is 0.383. The molecule has 9 nitrogen and oxygen atoms in total. The van der Waals surface area contributed by atoms with E-state index < -0.39 is 11.9 Å². The molecule has 186 valence electrons. The third kappa shape index (κ3) is 4.66. The van der Waals surface area contributed by atoms with Crippen molar-refractivity contribution in [3.8, 4) is 23.0 Å². The van der Waals surface area contributed by atoms with E-state index in [1.165, 1.54) is 24.3 Å². The second kappa shape index (κ2) is 9.10. The van der Waals surface area contributed by atoms with Crippen LogP contribution in [0.15, 0.2) is 42.9 Å². The van der Waals surface area contributed by atoms with Crippen molar-refractivity contribution in [3.63, 3.8) is 0 Å². The fourth-order valence-electron chi connectivity index (χ4n) is 3.88.